The van der Waals surface area contributed by atoms with Crippen LogP contribution in [-0.4, -0.2) is 52.6 Å². The van der Waals surface area contributed by atoms with Gasteiger partial charge in [-0.15, -0.1) is 0 Å². The smallest absolute Gasteiger partial charge is 0.433 e. The number of phenolic OH excluding ortho intramolecular Hbond substituents is 1. The van der Waals surface area contributed by atoms with Gasteiger partial charge in [0, 0.05) is 35.2 Å². The lowest BCUT2D eigenvalue weighted by molar-refractivity contribution is -0.141. The van der Waals surface area contributed by atoms with Gasteiger partial charge in [0.1, 0.15) is 17.2 Å². The number of rotatable bonds is 4. The third-order valence-corrected chi connectivity index (χ3v) is 9.11. The van der Waals surface area contributed by atoms with Crippen LogP contribution in [0.2, 0.25) is 5.02 Å². The number of aromatic hydroxyl groups is 1. The Bertz CT molecular complexity index is 1760. The molecule has 0 saturated carbocycles. The number of aromatic nitrogens is 1. The summed E-state index contributed by atoms with van der Waals surface area (Å²) in [7, 11) is 2.63. The number of methoxy groups -OCH3 is 1. The lowest BCUT2D eigenvalue weighted by Crippen LogP contribution is -2.46. The number of Topliss-reactive ketones (excluding diaryl/α,β-unsaturated/α-hetero) is 1. The Morgan fingerprint density at radius 3 is 2.50 bits per heavy atom. The average molecular weight is 628 g/mol. The molecule has 44 heavy (non-hydrogen) atoms. The summed E-state index contributed by atoms with van der Waals surface area (Å²) >= 11 is 6.18. The molecule has 1 saturated heterocycles. The van der Waals surface area contributed by atoms with Gasteiger partial charge in [0.15, 0.2) is 17.4 Å². The van der Waals surface area contributed by atoms with Gasteiger partial charge in [0.25, 0.3) is 11.8 Å². The van der Waals surface area contributed by atoms with E-state index in [1.54, 1.807) is 18.2 Å². The van der Waals surface area contributed by atoms with E-state index in [-0.39, 0.29) is 57.4 Å². The third-order valence-electron chi connectivity index (χ3n) is 8.82. The lowest BCUT2D eigenvalue weighted by Gasteiger charge is -2.42. The van der Waals surface area contributed by atoms with E-state index in [9.17, 15) is 37.5 Å². The number of phenols is 1. The van der Waals surface area contributed by atoms with Crippen molar-refractivity contribution in [1.29, 1.82) is 0 Å². The number of hydrogen-bond acceptors (Lipinski definition) is 8. The molecule has 3 aliphatic carbocycles. The van der Waals surface area contributed by atoms with Crippen molar-refractivity contribution in [3.8, 4) is 11.5 Å². The van der Waals surface area contributed by atoms with Crippen LogP contribution in [0.3, 0.4) is 0 Å². The maximum absolute atomic E-state index is 14.1. The van der Waals surface area contributed by atoms with E-state index in [4.69, 9.17) is 16.3 Å². The summed E-state index contributed by atoms with van der Waals surface area (Å²) in [4.78, 5) is 58.3. The first kappa shape index (κ1) is 29.6. The minimum atomic E-state index is -4.80. The molecular formula is C31H25ClF3N3O6. The highest BCUT2D eigenvalue weighted by atomic mass is 35.5. The fourth-order valence-electron chi connectivity index (χ4n) is 6.88. The first-order valence-electron chi connectivity index (χ1n) is 13.7. The number of nitrogens with zero attached hydrogens (tertiary/aromatic N) is 3. The van der Waals surface area contributed by atoms with Crippen LogP contribution in [-0.2, 0) is 25.4 Å². The van der Waals surface area contributed by atoms with Crippen molar-refractivity contribution in [2.75, 3.05) is 19.2 Å². The van der Waals surface area contributed by atoms with Crippen LogP contribution >= 0.6 is 11.6 Å². The summed E-state index contributed by atoms with van der Waals surface area (Å²) in [6.45, 7) is 1.53. The highest BCUT2D eigenvalue weighted by molar-refractivity contribution is 6.33. The minimum Gasteiger partial charge on any atom is -0.507 e. The highest BCUT2D eigenvalue weighted by Crippen LogP contribution is 2.57. The number of alkyl halides is 3. The largest absolute Gasteiger partial charge is 0.507 e. The zero-order valence-corrected chi connectivity index (χ0v) is 24.4. The maximum atomic E-state index is 14.1. The Labute approximate surface area is 254 Å². The Morgan fingerprint density at radius 2 is 1.82 bits per heavy atom. The predicted octanol–water partition coefficient (Wildman–Crippen LogP) is 4.95. The van der Waals surface area contributed by atoms with E-state index < -0.39 is 59.0 Å². The second kappa shape index (κ2) is 10.3. The van der Waals surface area contributed by atoms with E-state index in [1.165, 1.54) is 33.2 Å². The van der Waals surface area contributed by atoms with Gasteiger partial charge in [-0.2, -0.15) is 18.2 Å². The van der Waals surface area contributed by atoms with Gasteiger partial charge in [-0.25, -0.2) is 4.98 Å². The molecule has 1 aromatic carbocycles. The molecule has 2 heterocycles. The molecule has 4 aliphatic rings. The Morgan fingerprint density at radius 1 is 1.09 bits per heavy atom. The summed E-state index contributed by atoms with van der Waals surface area (Å²) in [6, 6.07) is 6.29. The molecule has 4 atom stereocenters. The third kappa shape index (κ3) is 4.34. The summed E-state index contributed by atoms with van der Waals surface area (Å²) in [5.41, 5.74) is 0.153. The minimum absolute atomic E-state index is 0.0256. The van der Waals surface area contributed by atoms with Gasteiger partial charge in [0.2, 0.25) is 0 Å². The van der Waals surface area contributed by atoms with Gasteiger partial charge in [-0.1, -0.05) is 29.3 Å². The monoisotopic (exact) mass is 627 g/mol. The molecule has 13 heteroatoms. The fraction of sp³-hybridized carbons (Fsp3) is 0.323. The van der Waals surface area contributed by atoms with E-state index in [2.05, 4.69) is 4.98 Å². The van der Waals surface area contributed by atoms with Gasteiger partial charge < -0.3 is 9.84 Å². The number of fused-ring (bicyclic) bond motifs is 3. The van der Waals surface area contributed by atoms with Crippen LogP contribution in [0.5, 0.6) is 11.5 Å². The second-order valence-electron chi connectivity index (χ2n) is 11.1. The molecule has 6 rings (SSSR count). The molecule has 2 aromatic rings. The molecule has 0 spiro atoms. The van der Waals surface area contributed by atoms with Crippen LogP contribution in [0.4, 0.5) is 19.0 Å². The van der Waals surface area contributed by atoms with Crippen LogP contribution < -0.4 is 9.75 Å². The Hall–Kier alpha value is -4.45. The second-order valence-corrected chi connectivity index (χ2v) is 11.5. The summed E-state index contributed by atoms with van der Waals surface area (Å²) in [5, 5.41) is 12.5. The number of pyridine rings is 1. The number of benzene rings is 1. The van der Waals surface area contributed by atoms with Gasteiger partial charge >= 0.3 is 6.18 Å². The van der Waals surface area contributed by atoms with E-state index >= 15 is 0 Å². The molecule has 0 radical (unpaired) electrons. The van der Waals surface area contributed by atoms with Gasteiger partial charge in [-0.05, 0) is 56.0 Å². The number of imide groups is 1. The topological polar surface area (TPSA) is 117 Å². The number of halogens is 4. The molecule has 0 unspecified atom stereocenters. The standard InChI is InChI=1S/C31H25ClF3N3O6/c1-13-11-20(40)17-12-16-14(24(25(17)27(13)41)26-19(39)5-4-6-21(26)44-3)7-8-15-23(16)30(43)38(29(15)42)37(2)28-18(32)9-10-22(36-28)31(33,34)35/h4-7,9-11,15-16,23-24,39H,8,12H2,1-3H3/t15-,16+,23-,24-/m0/s1. The molecule has 9 nitrogen and oxygen atoms in total. The Kier molecular flexibility index (Phi) is 6.95. The van der Waals surface area contributed by atoms with Crippen LogP contribution in [0.15, 0.2) is 64.8 Å². The Balaban J connectivity index is 1.46. The molecule has 0 bridgehead atoms. The number of hydrogen-bond donors (Lipinski definition) is 1. The number of carbonyl (C=O) groups excluding carboxylic acids is 4. The van der Waals surface area contributed by atoms with Gasteiger partial charge in [-0.3, -0.25) is 24.2 Å². The number of ketones is 2. The molecule has 1 fully saturated rings. The molecule has 1 aliphatic heterocycles. The zero-order chi connectivity index (χ0) is 31.8. The number of ether oxygens (including phenoxy) is 1. The molecule has 2 amide bonds. The first-order valence-corrected chi connectivity index (χ1v) is 14.0. The van der Waals surface area contributed by atoms with Crippen LogP contribution in [0, 0.1) is 17.8 Å². The van der Waals surface area contributed by atoms with Crippen molar-refractivity contribution in [3.63, 3.8) is 0 Å². The van der Waals surface area contributed by atoms with E-state index in [0.717, 1.165) is 16.1 Å². The quantitative estimate of drug-likeness (QED) is 0.288. The molecule has 228 valence electrons. The molecule has 1 aromatic heterocycles. The maximum Gasteiger partial charge on any atom is 0.433 e. The summed E-state index contributed by atoms with van der Waals surface area (Å²) in [5.74, 6) is -6.12. The van der Waals surface area contributed by atoms with Crippen molar-refractivity contribution in [2.24, 2.45) is 17.8 Å². The van der Waals surface area contributed by atoms with Crippen LogP contribution in [0.1, 0.15) is 36.9 Å². The number of anilines is 1. The lowest BCUT2D eigenvalue weighted by atomic mass is 9.59. The number of carbonyl (C=O) groups is 4. The van der Waals surface area contributed by atoms with Crippen molar-refractivity contribution in [3.05, 3.63) is 81.1 Å². The van der Waals surface area contributed by atoms with Crippen molar-refractivity contribution >= 4 is 40.8 Å². The van der Waals surface area contributed by atoms with E-state index in [0.29, 0.717) is 11.6 Å². The van der Waals surface area contributed by atoms with Crippen molar-refractivity contribution < 1.29 is 42.2 Å². The first-order chi connectivity index (χ1) is 20.8. The predicted molar refractivity (Wildman–Crippen MR) is 150 cm³/mol. The molecule has 1 N–H and O–H groups in total. The summed E-state index contributed by atoms with van der Waals surface area (Å²) in [6.07, 6.45) is -1.77. The fourth-order valence-corrected chi connectivity index (χ4v) is 7.11. The van der Waals surface area contributed by atoms with Crippen molar-refractivity contribution in [1.82, 2.24) is 9.99 Å². The van der Waals surface area contributed by atoms with E-state index in [1.807, 2.05) is 0 Å². The number of allylic oxidation sites excluding steroid dienone is 6. The SMILES string of the molecule is COc1cccc(O)c1[C@H]1C2=CC[C@@H]3C(=O)N(N(C)c4nc(C(F)(F)F)ccc4Cl)C(=O)[C@@H]3[C@@H]2CC2=C1C(=O)C(C)=CC2=O. The number of hydrazine groups is 1. The van der Waals surface area contributed by atoms with Gasteiger partial charge in [0.05, 0.1) is 24.0 Å². The zero-order valence-electron chi connectivity index (χ0n) is 23.6. The highest BCUT2D eigenvalue weighted by Gasteiger charge is 2.58. The molecular weight excluding hydrogens is 603 g/mol. The average Bonchev–Trinajstić information content (AvgIpc) is 3.23. The summed E-state index contributed by atoms with van der Waals surface area (Å²) < 4.78 is 45.8. The number of amides is 2. The van der Waals surface area contributed by atoms with Crippen molar-refractivity contribution in [2.45, 2.75) is 31.9 Å². The normalized spacial score (nSPS) is 24.9. The van der Waals surface area contributed by atoms with Crippen LogP contribution in [0.25, 0.3) is 0 Å².